The van der Waals surface area contributed by atoms with Crippen molar-refractivity contribution in [3.8, 4) is 11.4 Å². The van der Waals surface area contributed by atoms with Gasteiger partial charge in [-0.1, -0.05) is 12.1 Å². The highest BCUT2D eigenvalue weighted by molar-refractivity contribution is 5.62. The van der Waals surface area contributed by atoms with Crippen molar-refractivity contribution >= 4 is 17.4 Å². The van der Waals surface area contributed by atoms with Crippen molar-refractivity contribution in [2.45, 2.75) is 6.04 Å². The molecule has 140 valence electrons. The molecule has 0 bridgehead atoms. The summed E-state index contributed by atoms with van der Waals surface area (Å²) in [5, 5.41) is 4.38. The topological polar surface area (TPSA) is 84.8 Å². The highest BCUT2D eigenvalue weighted by atomic mass is 19.1. The van der Waals surface area contributed by atoms with Gasteiger partial charge in [-0.3, -0.25) is 4.90 Å². The summed E-state index contributed by atoms with van der Waals surface area (Å²) < 4.78 is 20.6. The first kappa shape index (κ1) is 16.4. The molecule has 3 aromatic rings. The van der Waals surface area contributed by atoms with Gasteiger partial charge in [0.1, 0.15) is 11.6 Å². The lowest BCUT2D eigenvalue weighted by Crippen LogP contribution is -2.58. The molecular formula is C18H20FN7O. The van der Waals surface area contributed by atoms with Crippen LogP contribution in [0.15, 0.2) is 30.3 Å². The zero-order valence-corrected chi connectivity index (χ0v) is 14.8. The SMILES string of the molecule is Nc1nc(N2CCN3CCOC[C@H]3C2)cc2nc(-c3cccc(F)c3)nn12. The van der Waals surface area contributed by atoms with Crippen molar-refractivity contribution in [2.75, 3.05) is 50.0 Å². The van der Waals surface area contributed by atoms with Gasteiger partial charge in [0.05, 0.1) is 19.3 Å². The molecule has 27 heavy (non-hydrogen) atoms. The Morgan fingerprint density at radius 1 is 1.15 bits per heavy atom. The van der Waals surface area contributed by atoms with Crippen LogP contribution in [0.5, 0.6) is 0 Å². The molecule has 2 N–H and O–H groups in total. The molecule has 1 atom stereocenters. The molecule has 0 radical (unpaired) electrons. The summed E-state index contributed by atoms with van der Waals surface area (Å²) in [5.74, 6) is 1.14. The number of nitrogens with zero attached hydrogens (tertiary/aromatic N) is 6. The molecular weight excluding hydrogens is 349 g/mol. The molecule has 5 rings (SSSR count). The van der Waals surface area contributed by atoms with E-state index in [4.69, 9.17) is 10.5 Å². The average molecular weight is 369 g/mol. The molecule has 8 nitrogen and oxygen atoms in total. The van der Waals surface area contributed by atoms with Crippen LogP contribution in [0, 0.1) is 5.82 Å². The van der Waals surface area contributed by atoms with Crippen molar-refractivity contribution in [1.82, 2.24) is 24.5 Å². The molecule has 1 aromatic carbocycles. The van der Waals surface area contributed by atoms with E-state index in [1.807, 2.05) is 6.07 Å². The fourth-order valence-corrected chi connectivity index (χ4v) is 3.77. The summed E-state index contributed by atoms with van der Waals surface area (Å²) in [6.45, 7) is 5.22. The Kier molecular flexibility index (Phi) is 3.91. The van der Waals surface area contributed by atoms with E-state index in [1.165, 1.54) is 16.6 Å². The monoisotopic (exact) mass is 369 g/mol. The molecule has 2 aliphatic rings. The number of fused-ring (bicyclic) bond motifs is 2. The zero-order valence-electron chi connectivity index (χ0n) is 14.8. The molecule has 9 heteroatoms. The van der Waals surface area contributed by atoms with E-state index >= 15 is 0 Å². The number of ether oxygens (including phenoxy) is 1. The number of halogens is 1. The molecule has 0 saturated carbocycles. The fourth-order valence-electron chi connectivity index (χ4n) is 3.77. The van der Waals surface area contributed by atoms with E-state index in [1.54, 1.807) is 12.1 Å². The Bertz CT molecular complexity index is 991. The van der Waals surface area contributed by atoms with Crippen LogP contribution in [0.25, 0.3) is 17.0 Å². The van der Waals surface area contributed by atoms with Crippen LogP contribution < -0.4 is 10.6 Å². The average Bonchev–Trinajstić information content (AvgIpc) is 3.12. The van der Waals surface area contributed by atoms with Crippen molar-refractivity contribution in [3.63, 3.8) is 0 Å². The number of morpholine rings is 1. The Hall–Kier alpha value is -2.78. The predicted molar refractivity (Wildman–Crippen MR) is 99.0 cm³/mol. The standard InChI is InChI=1S/C18H20FN7O/c19-13-3-1-2-12(8-13)17-21-16-9-15(22-18(20)26(16)23-17)25-5-4-24-6-7-27-11-14(24)10-25/h1-3,8-9,14H,4-7,10-11H2,(H2,20,22)/t14-/m1/s1. The molecule has 0 spiro atoms. The third-order valence-corrected chi connectivity index (χ3v) is 5.18. The fraction of sp³-hybridized carbons (Fsp3) is 0.389. The number of anilines is 2. The quantitative estimate of drug-likeness (QED) is 0.722. The van der Waals surface area contributed by atoms with Crippen LogP contribution in [-0.2, 0) is 4.74 Å². The Morgan fingerprint density at radius 2 is 2.07 bits per heavy atom. The van der Waals surface area contributed by atoms with Crippen molar-refractivity contribution < 1.29 is 9.13 Å². The number of aromatic nitrogens is 4. The molecule has 0 aliphatic carbocycles. The summed E-state index contributed by atoms with van der Waals surface area (Å²) in [4.78, 5) is 13.7. The van der Waals surface area contributed by atoms with E-state index in [2.05, 4.69) is 24.9 Å². The van der Waals surface area contributed by atoms with Gasteiger partial charge in [0.15, 0.2) is 11.5 Å². The predicted octanol–water partition coefficient (Wildman–Crippen LogP) is 1.03. The first-order chi connectivity index (χ1) is 13.2. The van der Waals surface area contributed by atoms with Gasteiger partial charge in [-0.25, -0.2) is 9.37 Å². The zero-order chi connectivity index (χ0) is 18.4. The third kappa shape index (κ3) is 2.98. The number of nitrogen functional groups attached to an aromatic ring is 1. The molecule has 2 aromatic heterocycles. The highest BCUT2D eigenvalue weighted by Gasteiger charge is 2.30. The van der Waals surface area contributed by atoms with E-state index in [0.29, 0.717) is 23.1 Å². The maximum atomic E-state index is 13.5. The maximum absolute atomic E-state index is 13.5. The number of nitrogens with two attached hydrogens (primary N) is 1. The molecule has 0 unspecified atom stereocenters. The number of rotatable bonds is 2. The summed E-state index contributed by atoms with van der Waals surface area (Å²) in [7, 11) is 0. The normalized spacial score (nSPS) is 20.8. The van der Waals surface area contributed by atoms with Crippen molar-refractivity contribution in [2.24, 2.45) is 0 Å². The van der Waals surface area contributed by atoms with Crippen LogP contribution in [0.1, 0.15) is 0 Å². The first-order valence-electron chi connectivity index (χ1n) is 9.03. The molecule has 2 fully saturated rings. The maximum Gasteiger partial charge on any atom is 0.225 e. The van der Waals surface area contributed by atoms with E-state index < -0.39 is 0 Å². The second kappa shape index (κ2) is 6.43. The van der Waals surface area contributed by atoms with Gasteiger partial charge in [0, 0.05) is 37.8 Å². The summed E-state index contributed by atoms with van der Waals surface area (Å²) in [6.07, 6.45) is 0. The van der Waals surface area contributed by atoms with E-state index in [-0.39, 0.29) is 11.8 Å². The largest absolute Gasteiger partial charge is 0.378 e. The Balaban J connectivity index is 1.48. The van der Waals surface area contributed by atoms with Crippen LogP contribution in [0.2, 0.25) is 0 Å². The van der Waals surface area contributed by atoms with E-state index in [0.717, 1.165) is 45.2 Å². The highest BCUT2D eigenvalue weighted by Crippen LogP contribution is 2.24. The van der Waals surface area contributed by atoms with Gasteiger partial charge in [-0.05, 0) is 12.1 Å². The Morgan fingerprint density at radius 3 is 2.96 bits per heavy atom. The number of piperazine rings is 1. The lowest BCUT2D eigenvalue weighted by atomic mass is 10.1. The summed E-state index contributed by atoms with van der Waals surface area (Å²) in [5.41, 5.74) is 7.33. The summed E-state index contributed by atoms with van der Waals surface area (Å²) >= 11 is 0. The van der Waals surface area contributed by atoms with Gasteiger partial charge >= 0.3 is 0 Å². The first-order valence-corrected chi connectivity index (χ1v) is 9.03. The van der Waals surface area contributed by atoms with Crippen LogP contribution in [-0.4, -0.2) is 69.9 Å². The van der Waals surface area contributed by atoms with Crippen LogP contribution >= 0.6 is 0 Å². The minimum atomic E-state index is -0.328. The Labute approximate surface area is 155 Å². The van der Waals surface area contributed by atoms with E-state index in [9.17, 15) is 4.39 Å². The number of benzene rings is 1. The summed E-state index contributed by atoms with van der Waals surface area (Å²) in [6, 6.07) is 8.45. The third-order valence-electron chi connectivity index (χ3n) is 5.18. The smallest absolute Gasteiger partial charge is 0.225 e. The van der Waals surface area contributed by atoms with Gasteiger partial charge in [0.25, 0.3) is 0 Å². The van der Waals surface area contributed by atoms with Gasteiger partial charge < -0.3 is 15.4 Å². The van der Waals surface area contributed by atoms with Crippen LogP contribution in [0.3, 0.4) is 0 Å². The van der Waals surface area contributed by atoms with Crippen LogP contribution in [0.4, 0.5) is 16.2 Å². The molecule has 2 saturated heterocycles. The molecule has 0 amide bonds. The molecule has 2 aliphatic heterocycles. The van der Waals surface area contributed by atoms with Gasteiger partial charge in [0.2, 0.25) is 5.95 Å². The number of hydrogen-bond donors (Lipinski definition) is 1. The van der Waals surface area contributed by atoms with Crippen molar-refractivity contribution in [1.29, 1.82) is 0 Å². The minimum Gasteiger partial charge on any atom is -0.378 e. The lowest BCUT2D eigenvalue weighted by molar-refractivity contribution is -0.0117. The second-order valence-electron chi connectivity index (χ2n) is 6.90. The number of hydrogen-bond acceptors (Lipinski definition) is 7. The second-order valence-corrected chi connectivity index (χ2v) is 6.90. The van der Waals surface area contributed by atoms with Gasteiger partial charge in [-0.15, -0.1) is 5.10 Å². The molecule has 4 heterocycles. The van der Waals surface area contributed by atoms with Crippen molar-refractivity contribution in [3.05, 3.63) is 36.1 Å². The minimum absolute atomic E-state index is 0.264. The lowest BCUT2D eigenvalue weighted by Gasteiger charge is -2.44. The van der Waals surface area contributed by atoms with Gasteiger partial charge in [-0.2, -0.15) is 9.50 Å².